The van der Waals surface area contributed by atoms with E-state index in [2.05, 4.69) is 6.07 Å². The minimum Gasteiger partial charge on any atom is -0.444 e. The molecule has 1 amide bonds. The Hall–Kier alpha value is -2.11. The lowest BCUT2D eigenvalue weighted by molar-refractivity contribution is -0.0747. The molecule has 0 aromatic heterocycles. The third kappa shape index (κ3) is 5.28. The molecule has 1 spiro atoms. The topological polar surface area (TPSA) is 96.7 Å². The third-order valence-electron chi connectivity index (χ3n) is 5.57. The Morgan fingerprint density at radius 2 is 1.83 bits per heavy atom. The van der Waals surface area contributed by atoms with E-state index in [1.165, 1.54) is 0 Å². The van der Waals surface area contributed by atoms with Gasteiger partial charge in [-0.1, -0.05) is 12.1 Å². The van der Waals surface area contributed by atoms with Crippen LogP contribution in [0.4, 0.5) is 4.79 Å². The van der Waals surface area contributed by atoms with E-state index in [1.807, 2.05) is 32.9 Å². The lowest BCUT2D eigenvalue weighted by Gasteiger charge is -2.54. The van der Waals surface area contributed by atoms with E-state index in [0.717, 1.165) is 18.2 Å². The molecule has 7 nitrogen and oxygen atoms in total. The average molecular weight is 421 g/mol. The van der Waals surface area contributed by atoms with Crippen molar-refractivity contribution in [3.63, 3.8) is 0 Å². The van der Waals surface area contributed by atoms with Gasteiger partial charge in [0.1, 0.15) is 5.60 Å². The maximum Gasteiger partial charge on any atom is 0.410 e. The fraction of sp³-hybridized carbons (Fsp3) is 0.619. The number of ether oxygens (including phenoxy) is 1. The second-order valence-corrected chi connectivity index (χ2v) is 10.8. The standard InChI is InChI=1S/C21H28N2O5S/c1-20(2,3)27-19(24)23-10-9-21(11-17(12-21)28-29(4,25)26)13-18(23)16-7-5-15(14-22)6-8-16/h5-8,17-18H,9-13H2,1-4H3/t17?,18-,21?/m0/s1. The van der Waals surface area contributed by atoms with Crippen molar-refractivity contribution in [1.29, 1.82) is 5.26 Å². The van der Waals surface area contributed by atoms with E-state index >= 15 is 0 Å². The monoisotopic (exact) mass is 420 g/mol. The minimum atomic E-state index is -3.47. The van der Waals surface area contributed by atoms with Crippen molar-refractivity contribution in [3.05, 3.63) is 35.4 Å². The van der Waals surface area contributed by atoms with Crippen LogP contribution in [0.1, 0.15) is 63.6 Å². The molecular weight excluding hydrogens is 392 g/mol. The maximum absolute atomic E-state index is 12.8. The van der Waals surface area contributed by atoms with Gasteiger partial charge in [0.05, 0.1) is 30.0 Å². The summed E-state index contributed by atoms with van der Waals surface area (Å²) < 4.78 is 33.6. The van der Waals surface area contributed by atoms with Gasteiger partial charge in [0.2, 0.25) is 0 Å². The van der Waals surface area contributed by atoms with Crippen molar-refractivity contribution < 1.29 is 22.1 Å². The predicted molar refractivity (Wildman–Crippen MR) is 107 cm³/mol. The van der Waals surface area contributed by atoms with E-state index in [4.69, 9.17) is 14.2 Å². The summed E-state index contributed by atoms with van der Waals surface area (Å²) in [5, 5.41) is 9.06. The molecule has 1 heterocycles. The van der Waals surface area contributed by atoms with Crippen LogP contribution >= 0.6 is 0 Å². The fourth-order valence-electron chi connectivity index (χ4n) is 4.34. The Kier molecular flexibility index (Phi) is 5.67. The molecule has 29 heavy (non-hydrogen) atoms. The van der Waals surface area contributed by atoms with Gasteiger partial charge in [-0.2, -0.15) is 13.7 Å². The molecule has 1 aromatic rings. The Morgan fingerprint density at radius 3 is 2.34 bits per heavy atom. The Balaban J connectivity index is 1.80. The Labute approximate surface area is 172 Å². The number of carbonyl (C=O) groups is 1. The molecular formula is C21H28N2O5S. The van der Waals surface area contributed by atoms with Gasteiger partial charge < -0.3 is 9.64 Å². The van der Waals surface area contributed by atoms with Gasteiger partial charge in [-0.15, -0.1) is 0 Å². The third-order valence-corrected chi connectivity index (χ3v) is 6.19. The molecule has 1 aliphatic carbocycles. The van der Waals surface area contributed by atoms with Crippen LogP contribution in [0.3, 0.4) is 0 Å². The van der Waals surface area contributed by atoms with Crippen LogP contribution in [0.15, 0.2) is 24.3 Å². The molecule has 3 rings (SSSR count). The van der Waals surface area contributed by atoms with Gasteiger partial charge >= 0.3 is 6.09 Å². The van der Waals surface area contributed by atoms with Crippen LogP contribution in [-0.4, -0.2) is 43.9 Å². The molecule has 0 bridgehead atoms. The SMILES string of the molecule is CC(C)(C)OC(=O)N1CCC2(CC(OS(C)(=O)=O)C2)C[C@H]1c1ccc(C#N)cc1. The molecule has 2 aliphatic rings. The molecule has 2 fully saturated rings. The summed E-state index contributed by atoms with van der Waals surface area (Å²) >= 11 is 0. The molecule has 8 heteroatoms. The number of amides is 1. The van der Waals surface area contributed by atoms with E-state index < -0.39 is 15.7 Å². The van der Waals surface area contributed by atoms with E-state index in [0.29, 0.717) is 31.4 Å². The second-order valence-electron chi connectivity index (χ2n) is 9.21. The van der Waals surface area contributed by atoms with Crippen LogP contribution in [-0.2, 0) is 19.0 Å². The van der Waals surface area contributed by atoms with Crippen molar-refractivity contribution in [2.24, 2.45) is 5.41 Å². The van der Waals surface area contributed by atoms with Gasteiger partial charge in [0, 0.05) is 6.54 Å². The predicted octanol–water partition coefficient (Wildman–Crippen LogP) is 3.76. The van der Waals surface area contributed by atoms with Gasteiger partial charge in [-0.25, -0.2) is 4.79 Å². The number of rotatable bonds is 3. The second kappa shape index (κ2) is 7.62. The zero-order valence-electron chi connectivity index (χ0n) is 17.3. The summed E-state index contributed by atoms with van der Waals surface area (Å²) in [7, 11) is -3.47. The average Bonchev–Trinajstić information content (AvgIpc) is 2.57. The van der Waals surface area contributed by atoms with Gasteiger partial charge in [-0.05, 0) is 69.6 Å². The van der Waals surface area contributed by atoms with Crippen molar-refractivity contribution in [2.75, 3.05) is 12.8 Å². The first-order chi connectivity index (χ1) is 13.4. The number of nitriles is 1. The summed E-state index contributed by atoms with van der Waals surface area (Å²) in [5.41, 5.74) is 0.869. The summed E-state index contributed by atoms with van der Waals surface area (Å²) in [6.45, 7) is 6.05. The minimum absolute atomic E-state index is 0.0492. The normalized spacial score (nSPS) is 27.2. The number of nitrogens with zero attached hydrogens (tertiary/aromatic N) is 2. The van der Waals surface area contributed by atoms with Gasteiger partial charge in [0.15, 0.2) is 0 Å². The van der Waals surface area contributed by atoms with E-state index in [1.54, 1.807) is 17.0 Å². The molecule has 1 aliphatic heterocycles. The fourth-order valence-corrected chi connectivity index (χ4v) is 4.98. The maximum atomic E-state index is 12.8. The Morgan fingerprint density at radius 1 is 1.21 bits per heavy atom. The van der Waals surface area contributed by atoms with Gasteiger partial charge in [0.25, 0.3) is 10.1 Å². The molecule has 0 unspecified atom stereocenters. The molecule has 1 saturated carbocycles. The van der Waals surface area contributed by atoms with Crippen LogP contribution in [0.5, 0.6) is 0 Å². The zero-order chi connectivity index (χ0) is 21.4. The van der Waals surface area contributed by atoms with Crippen LogP contribution < -0.4 is 0 Å². The largest absolute Gasteiger partial charge is 0.444 e. The molecule has 1 aromatic carbocycles. The highest BCUT2D eigenvalue weighted by atomic mass is 32.2. The lowest BCUT2D eigenvalue weighted by atomic mass is 9.59. The number of piperidine rings is 1. The van der Waals surface area contributed by atoms with Crippen molar-refractivity contribution in [3.8, 4) is 6.07 Å². The summed E-state index contributed by atoms with van der Waals surface area (Å²) in [4.78, 5) is 14.6. The molecule has 1 saturated heterocycles. The number of hydrogen-bond acceptors (Lipinski definition) is 6. The summed E-state index contributed by atoms with van der Waals surface area (Å²) in [5.74, 6) is 0. The quantitative estimate of drug-likeness (QED) is 0.691. The van der Waals surface area contributed by atoms with Crippen LogP contribution in [0.25, 0.3) is 0 Å². The molecule has 0 N–H and O–H groups in total. The van der Waals surface area contributed by atoms with Crippen LogP contribution in [0, 0.1) is 16.7 Å². The van der Waals surface area contributed by atoms with Crippen molar-refractivity contribution in [2.45, 2.75) is 64.2 Å². The van der Waals surface area contributed by atoms with Crippen LogP contribution in [0.2, 0.25) is 0 Å². The van der Waals surface area contributed by atoms with E-state index in [-0.39, 0.29) is 23.7 Å². The molecule has 0 radical (unpaired) electrons. The first kappa shape index (κ1) is 21.6. The van der Waals surface area contributed by atoms with Crippen molar-refractivity contribution in [1.82, 2.24) is 4.90 Å². The molecule has 1 atom stereocenters. The summed E-state index contributed by atoms with van der Waals surface area (Å²) in [6, 6.07) is 9.18. The zero-order valence-corrected chi connectivity index (χ0v) is 18.2. The first-order valence-electron chi connectivity index (χ1n) is 9.78. The lowest BCUT2D eigenvalue weighted by Crippen LogP contribution is -2.53. The Bertz CT molecular complexity index is 906. The number of carbonyl (C=O) groups excluding carboxylic acids is 1. The van der Waals surface area contributed by atoms with Gasteiger partial charge in [-0.3, -0.25) is 4.18 Å². The van der Waals surface area contributed by atoms with Crippen molar-refractivity contribution >= 4 is 16.2 Å². The number of likely N-dealkylation sites (tertiary alicyclic amines) is 1. The summed E-state index contributed by atoms with van der Waals surface area (Å²) in [6.07, 6.45) is 3.24. The highest BCUT2D eigenvalue weighted by Crippen LogP contribution is 2.55. The number of benzene rings is 1. The molecule has 158 valence electrons. The van der Waals surface area contributed by atoms with E-state index in [9.17, 15) is 13.2 Å². The first-order valence-corrected chi connectivity index (χ1v) is 11.6. The highest BCUT2D eigenvalue weighted by molar-refractivity contribution is 7.86. The highest BCUT2D eigenvalue weighted by Gasteiger charge is 2.51. The number of hydrogen-bond donors (Lipinski definition) is 0. The smallest absolute Gasteiger partial charge is 0.410 e.